The summed E-state index contributed by atoms with van der Waals surface area (Å²) >= 11 is 0. The number of hydrogen-bond acceptors (Lipinski definition) is 3. The molecule has 156 valence electrons. The molecule has 0 radical (unpaired) electrons. The molecule has 1 amide bonds. The Kier molecular flexibility index (Phi) is 5.34. The summed E-state index contributed by atoms with van der Waals surface area (Å²) in [7, 11) is 0. The van der Waals surface area contributed by atoms with Gasteiger partial charge >= 0.3 is 0 Å². The first kappa shape index (κ1) is 19.4. The van der Waals surface area contributed by atoms with E-state index in [0.717, 1.165) is 61.7 Å². The van der Waals surface area contributed by atoms with Crippen molar-refractivity contribution in [3.63, 3.8) is 0 Å². The maximum absolute atomic E-state index is 13.7. The molecule has 2 aromatic carbocycles. The summed E-state index contributed by atoms with van der Waals surface area (Å²) in [5, 5.41) is 1.12. The third-order valence-electron chi connectivity index (χ3n) is 6.86. The highest BCUT2D eigenvalue weighted by atomic mass is 16.5. The minimum atomic E-state index is -0.370. The van der Waals surface area contributed by atoms with Gasteiger partial charge in [0.15, 0.2) is 0 Å². The van der Waals surface area contributed by atoms with E-state index in [0.29, 0.717) is 19.1 Å². The van der Waals surface area contributed by atoms with E-state index in [2.05, 4.69) is 35.2 Å². The molecule has 0 spiro atoms. The second-order valence-corrected chi connectivity index (χ2v) is 8.73. The average Bonchev–Trinajstić information content (AvgIpc) is 3.24. The van der Waals surface area contributed by atoms with Gasteiger partial charge in [0.25, 0.3) is 0 Å². The standard InChI is InChI=1S/C26H29NO3/c28-25(27-14-6-1-7-15-27)26(12-16-29-17-13-26)18-20-8-2-3-9-21(20)23-19-30-24-11-5-4-10-22(23)24/h2-5,8-11,19H,1,6-7,12-18H2. The lowest BCUT2D eigenvalue weighted by atomic mass is 9.72. The lowest BCUT2D eigenvalue weighted by Gasteiger charge is -2.41. The van der Waals surface area contributed by atoms with E-state index in [-0.39, 0.29) is 5.41 Å². The number of carbonyl (C=O) groups excluding carboxylic acids is 1. The maximum Gasteiger partial charge on any atom is 0.229 e. The van der Waals surface area contributed by atoms with E-state index < -0.39 is 0 Å². The smallest absolute Gasteiger partial charge is 0.229 e. The highest BCUT2D eigenvalue weighted by Crippen LogP contribution is 2.41. The first-order chi connectivity index (χ1) is 14.8. The summed E-state index contributed by atoms with van der Waals surface area (Å²) in [4.78, 5) is 15.9. The zero-order valence-electron chi connectivity index (χ0n) is 17.4. The second-order valence-electron chi connectivity index (χ2n) is 8.73. The number of likely N-dealkylation sites (tertiary alicyclic amines) is 1. The lowest BCUT2D eigenvalue weighted by molar-refractivity contribution is -0.149. The molecule has 4 nitrogen and oxygen atoms in total. The van der Waals surface area contributed by atoms with Crippen LogP contribution < -0.4 is 0 Å². The minimum Gasteiger partial charge on any atom is -0.464 e. The highest BCUT2D eigenvalue weighted by Gasteiger charge is 2.43. The molecule has 3 aromatic rings. The number of rotatable bonds is 4. The van der Waals surface area contributed by atoms with Gasteiger partial charge in [-0.2, -0.15) is 0 Å². The highest BCUT2D eigenvalue weighted by molar-refractivity contribution is 5.95. The van der Waals surface area contributed by atoms with Crippen molar-refractivity contribution in [3.8, 4) is 11.1 Å². The molecule has 0 bridgehead atoms. The summed E-state index contributed by atoms with van der Waals surface area (Å²) in [5.74, 6) is 0.331. The van der Waals surface area contributed by atoms with Crippen molar-refractivity contribution in [2.75, 3.05) is 26.3 Å². The Morgan fingerprint density at radius 2 is 1.63 bits per heavy atom. The predicted octanol–water partition coefficient (Wildman–Crippen LogP) is 5.45. The fourth-order valence-corrected chi connectivity index (χ4v) is 5.15. The van der Waals surface area contributed by atoms with E-state index in [9.17, 15) is 4.79 Å². The second kappa shape index (κ2) is 8.27. The van der Waals surface area contributed by atoms with Crippen LogP contribution in [0.5, 0.6) is 0 Å². The molecule has 2 saturated heterocycles. The molecule has 3 heterocycles. The van der Waals surface area contributed by atoms with Gasteiger partial charge < -0.3 is 14.1 Å². The van der Waals surface area contributed by atoms with E-state index in [1.54, 1.807) is 0 Å². The average molecular weight is 404 g/mol. The van der Waals surface area contributed by atoms with Gasteiger partial charge in [-0.1, -0.05) is 42.5 Å². The molecule has 5 rings (SSSR count). The van der Waals surface area contributed by atoms with Gasteiger partial charge in [-0.3, -0.25) is 4.79 Å². The fourth-order valence-electron chi connectivity index (χ4n) is 5.15. The normalized spacial score (nSPS) is 19.1. The number of nitrogens with zero attached hydrogens (tertiary/aromatic N) is 1. The summed E-state index contributed by atoms with van der Waals surface area (Å²) in [6.07, 6.45) is 7.67. The van der Waals surface area contributed by atoms with Gasteiger partial charge in [-0.05, 0) is 55.7 Å². The van der Waals surface area contributed by atoms with Crippen LogP contribution in [0.3, 0.4) is 0 Å². The molecule has 1 aromatic heterocycles. The van der Waals surface area contributed by atoms with Crippen molar-refractivity contribution in [1.82, 2.24) is 4.90 Å². The molecule has 0 unspecified atom stereocenters. The van der Waals surface area contributed by atoms with Crippen LogP contribution in [0, 0.1) is 5.41 Å². The number of furan rings is 1. The van der Waals surface area contributed by atoms with Crippen LogP contribution in [0.1, 0.15) is 37.7 Å². The Hall–Kier alpha value is -2.59. The van der Waals surface area contributed by atoms with E-state index >= 15 is 0 Å². The quantitative estimate of drug-likeness (QED) is 0.582. The molecule has 2 fully saturated rings. The molecule has 2 aliphatic heterocycles. The SMILES string of the molecule is O=C(N1CCCCC1)C1(Cc2ccccc2-c2coc3ccccc23)CCOCC1. The van der Waals surface area contributed by atoms with Crippen LogP contribution in [-0.4, -0.2) is 37.1 Å². The minimum absolute atomic E-state index is 0.331. The largest absolute Gasteiger partial charge is 0.464 e. The summed E-state index contributed by atoms with van der Waals surface area (Å²) < 4.78 is 11.5. The topological polar surface area (TPSA) is 42.7 Å². The van der Waals surface area contributed by atoms with Crippen molar-refractivity contribution in [2.24, 2.45) is 5.41 Å². The molecule has 2 aliphatic rings. The van der Waals surface area contributed by atoms with Gasteiger partial charge in [-0.15, -0.1) is 0 Å². The Morgan fingerprint density at radius 1 is 0.900 bits per heavy atom. The Balaban J connectivity index is 1.52. The van der Waals surface area contributed by atoms with Crippen LogP contribution in [-0.2, 0) is 16.0 Å². The fraction of sp³-hybridized carbons (Fsp3) is 0.423. The van der Waals surface area contributed by atoms with E-state index in [4.69, 9.17) is 9.15 Å². The van der Waals surface area contributed by atoms with Crippen molar-refractivity contribution in [2.45, 2.75) is 38.5 Å². The number of para-hydroxylation sites is 1. The Bertz CT molecular complexity index is 1030. The first-order valence-corrected chi connectivity index (χ1v) is 11.2. The monoisotopic (exact) mass is 403 g/mol. The van der Waals surface area contributed by atoms with Crippen molar-refractivity contribution in [3.05, 3.63) is 60.4 Å². The number of hydrogen-bond donors (Lipinski definition) is 0. The lowest BCUT2D eigenvalue weighted by Crippen LogP contribution is -2.49. The zero-order valence-corrected chi connectivity index (χ0v) is 17.4. The number of benzene rings is 2. The van der Waals surface area contributed by atoms with Crippen LogP contribution in [0.2, 0.25) is 0 Å². The molecule has 0 aliphatic carbocycles. The molecule has 0 saturated carbocycles. The number of fused-ring (bicyclic) bond motifs is 1. The third kappa shape index (κ3) is 3.54. The van der Waals surface area contributed by atoms with Crippen LogP contribution in [0.15, 0.2) is 59.2 Å². The molecule has 0 N–H and O–H groups in total. The van der Waals surface area contributed by atoms with Crippen LogP contribution in [0.25, 0.3) is 22.1 Å². The van der Waals surface area contributed by atoms with E-state index in [1.807, 2.05) is 24.5 Å². The number of ether oxygens (including phenoxy) is 1. The third-order valence-corrected chi connectivity index (χ3v) is 6.86. The van der Waals surface area contributed by atoms with Gasteiger partial charge in [0.1, 0.15) is 5.58 Å². The van der Waals surface area contributed by atoms with Crippen molar-refractivity contribution in [1.29, 1.82) is 0 Å². The molecule has 0 atom stereocenters. The summed E-state index contributed by atoms with van der Waals surface area (Å²) in [6.45, 7) is 3.12. The molecule has 4 heteroatoms. The summed E-state index contributed by atoms with van der Waals surface area (Å²) in [6, 6.07) is 16.6. The first-order valence-electron chi connectivity index (χ1n) is 11.2. The number of amides is 1. The van der Waals surface area contributed by atoms with Crippen LogP contribution >= 0.6 is 0 Å². The Labute approximate surface area is 177 Å². The van der Waals surface area contributed by atoms with E-state index in [1.165, 1.54) is 17.5 Å². The van der Waals surface area contributed by atoms with Gasteiger partial charge in [-0.25, -0.2) is 0 Å². The van der Waals surface area contributed by atoms with Crippen molar-refractivity contribution >= 4 is 16.9 Å². The predicted molar refractivity (Wildman–Crippen MR) is 118 cm³/mol. The van der Waals surface area contributed by atoms with Crippen LogP contribution in [0.4, 0.5) is 0 Å². The summed E-state index contributed by atoms with van der Waals surface area (Å²) in [5.41, 5.74) is 4.02. The molecular formula is C26H29NO3. The number of piperidine rings is 1. The molecule has 30 heavy (non-hydrogen) atoms. The maximum atomic E-state index is 13.7. The zero-order chi connectivity index (χ0) is 20.4. The molecular weight excluding hydrogens is 374 g/mol. The van der Waals surface area contributed by atoms with Gasteiger partial charge in [0.05, 0.1) is 11.7 Å². The van der Waals surface area contributed by atoms with Gasteiger partial charge in [0, 0.05) is 37.3 Å². The van der Waals surface area contributed by atoms with Crippen molar-refractivity contribution < 1.29 is 13.9 Å². The van der Waals surface area contributed by atoms with Gasteiger partial charge in [0.2, 0.25) is 5.91 Å². The Morgan fingerprint density at radius 3 is 2.47 bits per heavy atom. The number of carbonyl (C=O) groups is 1.